The van der Waals surface area contributed by atoms with Crippen molar-refractivity contribution in [3.05, 3.63) is 35.9 Å². The third-order valence-electron chi connectivity index (χ3n) is 2.33. The summed E-state index contributed by atoms with van der Waals surface area (Å²) in [6.45, 7) is 3.70. The van der Waals surface area contributed by atoms with Crippen LogP contribution in [0.4, 0.5) is 0 Å². The second kappa shape index (κ2) is 6.03. The van der Waals surface area contributed by atoms with Crippen LogP contribution in [0.25, 0.3) is 0 Å². The van der Waals surface area contributed by atoms with Crippen molar-refractivity contribution in [3.8, 4) is 0 Å². The Balaban J connectivity index is 2.88. The van der Waals surface area contributed by atoms with Gasteiger partial charge in [0.05, 0.1) is 12.3 Å². The van der Waals surface area contributed by atoms with Gasteiger partial charge in [-0.3, -0.25) is 9.59 Å². The Labute approximate surface area is 101 Å². The lowest BCUT2D eigenvalue weighted by Crippen LogP contribution is -2.35. The number of carbonyl (C=O) groups excluding carboxylic acids is 1. The summed E-state index contributed by atoms with van der Waals surface area (Å²) in [7, 11) is 0. The number of amides is 1. The van der Waals surface area contributed by atoms with Crippen LogP contribution >= 0.6 is 0 Å². The first kappa shape index (κ1) is 13.2. The van der Waals surface area contributed by atoms with Crippen molar-refractivity contribution in [1.82, 2.24) is 5.32 Å². The number of rotatable bonds is 5. The predicted molar refractivity (Wildman–Crippen MR) is 64.7 cm³/mol. The highest BCUT2D eigenvalue weighted by molar-refractivity contribution is 5.87. The quantitative estimate of drug-likeness (QED) is 0.817. The molecule has 0 aliphatic heterocycles. The van der Waals surface area contributed by atoms with Gasteiger partial charge in [0.2, 0.25) is 5.91 Å². The van der Waals surface area contributed by atoms with Crippen LogP contribution < -0.4 is 5.32 Å². The molecule has 0 aromatic heterocycles. The molecule has 1 rings (SSSR count). The summed E-state index contributed by atoms with van der Waals surface area (Å²) in [5.41, 5.74) is 0.730. The first-order valence-electron chi connectivity index (χ1n) is 5.58. The maximum atomic E-state index is 11.9. The summed E-state index contributed by atoms with van der Waals surface area (Å²) in [5, 5.41) is 11.6. The molecule has 1 atom stereocenters. The molecule has 0 saturated carbocycles. The van der Waals surface area contributed by atoms with Crippen LogP contribution in [-0.4, -0.2) is 23.0 Å². The Morgan fingerprint density at radius 3 is 2.29 bits per heavy atom. The van der Waals surface area contributed by atoms with E-state index in [0.717, 1.165) is 5.56 Å². The van der Waals surface area contributed by atoms with Crippen molar-refractivity contribution in [3.63, 3.8) is 0 Å². The Hall–Kier alpha value is -1.84. The summed E-state index contributed by atoms with van der Waals surface area (Å²) in [6, 6.07) is 8.98. The molecule has 2 N–H and O–H groups in total. The molecule has 0 radical (unpaired) electrons. The predicted octanol–water partition coefficient (Wildman–Crippen LogP) is 1.77. The molecule has 4 heteroatoms. The number of nitrogens with one attached hydrogen (secondary N) is 1. The highest BCUT2D eigenvalue weighted by Gasteiger charge is 2.23. The van der Waals surface area contributed by atoms with Crippen molar-refractivity contribution in [1.29, 1.82) is 0 Å². The number of carboxylic acids is 1. The van der Waals surface area contributed by atoms with E-state index in [4.69, 9.17) is 5.11 Å². The van der Waals surface area contributed by atoms with Gasteiger partial charge in [0.1, 0.15) is 0 Å². The van der Waals surface area contributed by atoms with E-state index in [1.807, 2.05) is 19.9 Å². The Morgan fingerprint density at radius 2 is 1.82 bits per heavy atom. The van der Waals surface area contributed by atoms with Gasteiger partial charge in [-0.2, -0.15) is 0 Å². The van der Waals surface area contributed by atoms with E-state index in [0.29, 0.717) is 0 Å². The maximum Gasteiger partial charge on any atom is 0.304 e. The van der Waals surface area contributed by atoms with Gasteiger partial charge < -0.3 is 10.4 Å². The van der Waals surface area contributed by atoms with Crippen LogP contribution in [0.15, 0.2) is 30.3 Å². The van der Waals surface area contributed by atoms with Gasteiger partial charge in [-0.1, -0.05) is 30.3 Å². The third-order valence-corrected chi connectivity index (χ3v) is 2.33. The van der Waals surface area contributed by atoms with Crippen molar-refractivity contribution in [2.24, 2.45) is 0 Å². The van der Waals surface area contributed by atoms with E-state index >= 15 is 0 Å². The maximum absolute atomic E-state index is 11.9. The first-order valence-corrected chi connectivity index (χ1v) is 5.58. The average Bonchev–Trinajstić information content (AvgIpc) is 2.25. The van der Waals surface area contributed by atoms with E-state index in [1.165, 1.54) is 0 Å². The lowest BCUT2D eigenvalue weighted by molar-refractivity contribution is -0.139. The van der Waals surface area contributed by atoms with Crippen LogP contribution in [0.2, 0.25) is 0 Å². The zero-order valence-electron chi connectivity index (χ0n) is 10.0. The van der Waals surface area contributed by atoms with Crippen molar-refractivity contribution in [2.45, 2.75) is 32.2 Å². The summed E-state index contributed by atoms with van der Waals surface area (Å²) in [6.07, 6.45) is -0.192. The van der Waals surface area contributed by atoms with Crippen LogP contribution in [0, 0.1) is 0 Å². The van der Waals surface area contributed by atoms with Crippen molar-refractivity contribution in [2.75, 3.05) is 0 Å². The molecule has 1 amide bonds. The SMILES string of the molecule is CC(C)NC(=O)C(CC(=O)O)c1ccccc1. The second-order valence-electron chi connectivity index (χ2n) is 4.22. The molecule has 0 aliphatic rings. The molecule has 4 nitrogen and oxygen atoms in total. The first-order chi connectivity index (χ1) is 8.00. The number of aliphatic carboxylic acids is 1. The van der Waals surface area contributed by atoms with Gasteiger partial charge in [-0.25, -0.2) is 0 Å². The molecular formula is C13H17NO3. The molecular weight excluding hydrogens is 218 g/mol. The topological polar surface area (TPSA) is 66.4 Å². The number of hydrogen-bond donors (Lipinski definition) is 2. The summed E-state index contributed by atoms with van der Waals surface area (Å²) in [5.74, 6) is -1.84. The van der Waals surface area contributed by atoms with E-state index in [9.17, 15) is 9.59 Å². The van der Waals surface area contributed by atoms with E-state index in [1.54, 1.807) is 24.3 Å². The molecule has 0 heterocycles. The molecule has 0 spiro atoms. The minimum Gasteiger partial charge on any atom is -0.481 e. The van der Waals surface area contributed by atoms with Crippen molar-refractivity contribution < 1.29 is 14.7 Å². The van der Waals surface area contributed by atoms with Gasteiger partial charge >= 0.3 is 5.97 Å². The minimum absolute atomic E-state index is 0.00232. The fourth-order valence-electron chi connectivity index (χ4n) is 1.61. The van der Waals surface area contributed by atoms with Crippen molar-refractivity contribution >= 4 is 11.9 Å². The molecule has 17 heavy (non-hydrogen) atoms. The number of benzene rings is 1. The molecule has 0 bridgehead atoms. The lowest BCUT2D eigenvalue weighted by Gasteiger charge is -2.17. The standard InChI is InChI=1S/C13H17NO3/c1-9(2)14-13(17)11(8-12(15)16)10-6-4-3-5-7-10/h3-7,9,11H,8H2,1-2H3,(H,14,17)(H,15,16). The largest absolute Gasteiger partial charge is 0.481 e. The van der Waals surface area contributed by atoms with E-state index in [-0.39, 0.29) is 18.4 Å². The Morgan fingerprint density at radius 1 is 1.24 bits per heavy atom. The fourth-order valence-corrected chi connectivity index (χ4v) is 1.61. The van der Waals surface area contributed by atoms with Crippen LogP contribution in [0.1, 0.15) is 31.7 Å². The zero-order chi connectivity index (χ0) is 12.8. The van der Waals surface area contributed by atoms with Gasteiger partial charge in [-0.15, -0.1) is 0 Å². The molecule has 0 aliphatic carbocycles. The molecule has 1 aromatic rings. The monoisotopic (exact) mass is 235 g/mol. The highest BCUT2D eigenvalue weighted by Crippen LogP contribution is 2.19. The summed E-state index contributed by atoms with van der Waals surface area (Å²) >= 11 is 0. The number of carbonyl (C=O) groups is 2. The average molecular weight is 235 g/mol. The van der Waals surface area contributed by atoms with Gasteiger partial charge in [0.15, 0.2) is 0 Å². The smallest absolute Gasteiger partial charge is 0.304 e. The number of hydrogen-bond acceptors (Lipinski definition) is 2. The third kappa shape index (κ3) is 4.26. The number of carboxylic acid groups (broad SMARTS) is 1. The molecule has 1 unspecified atom stereocenters. The minimum atomic E-state index is -0.974. The molecule has 92 valence electrons. The van der Waals surface area contributed by atoms with Gasteiger partial charge in [0.25, 0.3) is 0 Å². The van der Waals surface area contributed by atoms with E-state index in [2.05, 4.69) is 5.32 Å². The molecule has 1 aromatic carbocycles. The van der Waals surface area contributed by atoms with Crippen LogP contribution in [0.3, 0.4) is 0 Å². The van der Waals surface area contributed by atoms with Gasteiger partial charge in [-0.05, 0) is 19.4 Å². The molecule has 0 fully saturated rings. The Bertz CT molecular complexity index is 387. The lowest BCUT2D eigenvalue weighted by atomic mass is 9.94. The van der Waals surface area contributed by atoms with E-state index < -0.39 is 11.9 Å². The molecule has 0 saturated heterocycles. The zero-order valence-corrected chi connectivity index (χ0v) is 10.0. The normalized spacial score (nSPS) is 12.2. The summed E-state index contributed by atoms with van der Waals surface area (Å²) < 4.78 is 0. The van der Waals surface area contributed by atoms with Crippen LogP contribution in [-0.2, 0) is 9.59 Å². The van der Waals surface area contributed by atoms with Gasteiger partial charge in [0, 0.05) is 6.04 Å². The summed E-state index contributed by atoms with van der Waals surface area (Å²) in [4.78, 5) is 22.7. The Kier molecular flexibility index (Phi) is 4.69. The van der Waals surface area contributed by atoms with Crippen LogP contribution in [0.5, 0.6) is 0 Å². The second-order valence-corrected chi connectivity index (χ2v) is 4.22. The highest BCUT2D eigenvalue weighted by atomic mass is 16.4. The fraction of sp³-hybridized carbons (Fsp3) is 0.385.